The molecular weight excluding hydrogens is 392 g/mol. The summed E-state index contributed by atoms with van der Waals surface area (Å²) in [4.78, 5) is 26.3. The van der Waals surface area contributed by atoms with Gasteiger partial charge >= 0.3 is 0 Å². The highest BCUT2D eigenvalue weighted by atomic mass is 32.2. The lowest BCUT2D eigenvalue weighted by Crippen LogP contribution is -2.25. The molecule has 0 bridgehead atoms. The molecule has 3 rings (SSSR count). The number of anilines is 2. The van der Waals surface area contributed by atoms with Gasteiger partial charge in [-0.1, -0.05) is 38.3 Å². The smallest absolute Gasteiger partial charge is 0.237 e. The highest BCUT2D eigenvalue weighted by Gasteiger charge is 2.22. The van der Waals surface area contributed by atoms with Crippen molar-refractivity contribution in [3.05, 3.63) is 53.6 Å². The van der Waals surface area contributed by atoms with E-state index in [9.17, 15) is 9.59 Å². The molecule has 0 spiro atoms. The molecule has 1 aliphatic rings. The van der Waals surface area contributed by atoms with Crippen LogP contribution in [0.25, 0.3) is 0 Å². The van der Waals surface area contributed by atoms with E-state index in [1.54, 1.807) is 0 Å². The second-order valence-corrected chi connectivity index (χ2v) is 9.43. The number of hydrogen-bond donors (Lipinski definition) is 2. The second-order valence-electron chi connectivity index (χ2n) is 8.16. The molecule has 1 aliphatic carbocycles. The number of carbonyl (C=O) groups is 2. The highest BCUT2D eigenvalue weighted by Crippen LogP contribution is 2.30. The first kappa shape index (κ1) is 22.4. The molecule has 1 atom stereocenters. The van der Waals surface area contributed by atoms with Gasteiger partial charge in [0.2, 0.25) is 11.8 Å². The maximum absolute atomic E-state index is 12.8. The minimum atomic E-state index is -0.198. The molecule has 2 amide bonds. The molecule has 0 radical (unpaired) electrons. The molecule has 0 aliphatic heterocycles. The molecule has 5 heteroatoms. The third-order valence-corrected chi connectivity index (χ3v) is 7.15. The SMILES string of the molecule is CCC(Sc1cccc(NC(=O)C2CCCCC2)c1)C(=O)Nc1ccc(C)c(C)c1. The molecule has 2 aromatic rings. The number of benzene rings is 2. The fourth-order valence-electron chi connectivity index (χ4n) is 3.78. The zero-order valence-corrected chi connectivity index (χ0v) is 19.0. The van der Waals surface area contributed by atoms with Crippen LogP contribution < -0.4 is 10.6 Å². The Bertz CT molecular complexity index is 890. The van der Waals surface area contributed by atoms with Gasteiger partial charge in [0.25, 0.3) is 0 Å². The summed E-state index contributed by atoms with van der Waals surface area (Å²) in [5, 5.41) is 5.91. The average molecular weight is 425 g/mol. The maximum atomic E-state index is 12.8. The van der Waals surface area contributed by atoms with Crippen LogP contribution in [0, 0.1) is 19.8 Å². The van der Waals surface area contributed by atoms with Crippen molar-refractivity contribution in [1.82, 2.24) is 0 Å². The Morgan fingerprint density at radius 2 is 1.70 bits per heavy atom. The monoisotopic (exact) mass is 424 g/mol. The van der Waals surface area contributed by atoms with Gasteiger partial charge in [-0.05, 0) is 74.6 Å². The van der Waals surface area contributed by atoms with Crippen molar-refractivity contribution < 1.29 is 9.59 Å². The van der Waals surface area contributed by atoms with E-state index in [4.69, 9.17) is 0 Å². The van der Waals surface area contributed by atoms with Gasteiger partial charge in [-0.2, -0.15) is 0 Å². The zero-order chi connectivity index (χ0) is 21.5. The minimum absolute atomic E-state index is 0.00222. The molecule has 160 valence electrons. The molecule has 1 fully saturated rings. The van der Waals surface area contributed by atoms with Crippen LogP contribution in [0.4, 0.5) is 11.4 Å². The van der Waals surface area contributed by atoms with Gasteiger partial charge in [0.15, 0.2) is 0 Å². The predicted octanol–water partition coefficient (Wildman–Crippen LogP) is 6.33. The lowest BCUT2D eigenvalue weighted by atomic mass is 9.88. The van der Waals surface area contributed by atoms with Crippen molar-refractivity contribution in [3.8, 4) is 0 Å². The number of amides is 2. The second kappa shape index (κ2) is 10.7. The van der Waals surface area contributed by atoms with E-state index in [0.29, 0.717) is 0 Å². The van der Waals surface area contributed by atoms with Crippen LogP contribution in [0.3, 0.4) is 0 Å². The van der Waals surface area contributed by atoms with Crippen molar-refractivity contribution >= 4 is 35.0 Å². The molecular formula is C25H32N2O2S. The Kier molecular flexibility index (Phi) is 7.97. The summed E-state index contributed by atoms with van der Waals surface area (Å²) in [6.07, 6.45) is 6.20. The largest absolute Gasteiger partial charge is 0.326 e. The van der Waals surface area contributed by atoms with Crippen LogP contribution in [0.2, 0.25) is 0 Å². The Hall–Kier alpha value is -2.27. The first-order valence-corrected chi connectivity index (χ1v) is 11.8. The van der Waals surface area contributed by atoms with E-state index >= 15 is 0 Å². The first-order valence-electron chi connectivity index (χ1n) is 10.9. The molecule has 2 aromatic carbocycles. The summed E-state index contributed by atoms with van der Waals surface area (Å²) < 4.78 is 0. The molecule has 4 nitrogen and oxygen atoms in total. The number of nitrogens with one attached hydrogen (secondary N) is 2. The van der Waals surface area contributed by atoms with Crippen molar-refractivity contribution in [1.29, 1.82) is 0 Å². The van der Waals surface area contributed by atoms with Gasteiger partial charge in [0.1, 0.15) is 0 Å². The summed E-state index contributed by atoms with van der Waals surface area (Å²) >= 11 is 1.54. The Morgan fingerprint density at radius 1 is 0.967 bits per heavy atom. The lowest BCUT2D eigenvalue weighted by Gasteiger charge is -2.21. The van der Waals surface area contributed by atoms with Crippen molar-refractivity contribution in [2.75, 3.05) is 10.6 Å². The lowest BCUT2D eigenvalue weighted by molar-refractivity contribution is -0.120. The molecule has 0 saturated heterocycles. The van der Waals surface area contributed by atoms with Gasteiger partial charge < -0.3 is 10.6 Å². The third kappa shape index (κ3) is 6.11. The Morgan fingerprint density at radius 3 is 2.40 bits per heavy atom. The third-order valence-electron chi connectivity index (χ3n) is 5.79. The standard InChI is InChI=1S/C25H32N2O2S/c1-4-23(25(29)27-21-14-13-17(2)18(3)15-21)30-22-12-8-11-20(16-22)26-24(28)19-9-6-5-7-10-19/h8,11-16,19,23H,4-7,9-10H2,1-3H3,(H,26,28)(H,27,29). The van der Waals surface area contributed by atoms with Gasteiger partial charge in [-0.3, -0.25) is 9.59 Å². The van der Waals surface area contributed by atoms with Crippen LogP contribution in [0.15, 0.2) is 47.4 Å². The molecule has 0 aromatic heterocycles. The Balaban J connectivity index is 1.61. The fraction of sp³-hybridized carbons (Fsp3) is 0.440. The topological polar surface area (TPSA) is 58.2 Å². The summed E-state index contributed by atoms with van der Waals surface area (Å²) in [5.41, 5.74) is 4.01. The summed E-state index contributed by atoms with van der Waals surface area (Å²) in [6, 6.07) is 13.8. The van der Waals surface area contributed by atoms with E-state index in [0.717, 1.165) is 53.9 Å². The van der Waals surface area contributed by atoms with Crippen LogP contribution in [-0.4, -0.2) is 17.1 Å². The van der Waals surface area contributed by atoms with E-state index in [2.05, 4.69) is 17.6 Å². The number of rotatable bonds is 7. The first-order chi connectivity index (χ1) is 14.5. The number of thioether (sulfide) groups is 1. The van der Waals surface area contributed by atoms with Crippen LogP contribution in [0.1, 0.15) is 56.6 Å². The summed E-state index contributed by atoms with van der Waals surface area (Å²) in [5.74, 6) is 0.251. The van der Waals surface area contributed by atoms with E-state index < -0.39 is 0 Å². The normalized spacial score (nSPS) is 15.4. The number of carbonyl (C=O) groups excluding carboxylic acids is 2. The molecule has 1 unspecified atom stereocenters. The average Bonchev–Trinajstić information content (AvgIpc) is 2.75. The Labute approximate surface area is 184 Å². The minimum Gasteiger partial charge on any atom is -0.326 e. The van der Waals surface area contributed by atoms with E-state index in [1.165, 1.54) is 23.7 Å². The van der Waals surface area contributed by atoms with Crippen molar-refractivity contribution in [2.45, 2.75) is 69.4 Å². The van der Waals surface area contributed by atoms with Crippen molar-refractivity contribution in [2.24, 2.45) is 5.92 Å². The highest BCUT2D eigenvalue weighted by molar-refractivity contribution is 8.00. The number of aryl methyl sites for hydroxylation is 2. The van der Waals surface area contributed by atoms with Crippen LogP contribution >= 0.6 is 11.8 Å². The van der Waals surface area contributed by atoms with Gasteiger partial charge in [0, 0.05) is 22.2 Å². The van der Waals surface area contributed by atoms with Gasteiger partial charge in [0.05, 0.1) is 5.25 Å². The molecule has 30 heavy (non-hydrogen) atoms. The van der Waals surface area contributed by atoms with E-state index in [-0.39, 0.29) is 23.0 Å². The molecule has 0 heterocycles. The predicted molar refractivity (Wildman–Crippen MR) is 126 cm³/mol. The van der Waals surface area contributed by atoms with E-state index in [1.807, 2.05) is 56.3 Å². The number of hydrogen-bond acceptors (Lipinski definition) is 3. The fourth-order valence-corrected chi connectivity index (χ4v) is 4.80. The van der Waals surface area contributed by atoms with Crippen LogP contribution in [-0.2, 0) is 9.59 Å². The zero-order valence-electron chi connectivity index (χ0n) is 18.2. The summed E-state index contributed by atoms with van der Waals surface area (Å²) in [7, 11) is 0. The quantitative estimate of drug-likeness (QED) is 0.511. The van der Waals surface area contributed by atoms with Crippen molar-refractivity contribution in [3.63, 3.8) is 0 Å². The molecule has 2 N–H and O–H groups in total. The van der Waals surface area contributed by atoms with Gasteiger partial charge in [-0.25, -0.2) is 0 Å². The van der Waals surface area contributed by atoms with Crippen LogP contribution in [0.5, 0.6) is 0 Å². The summed E-state index contributed by atoms with van der Waals surface area (Å²) in [6.45, 7) is 6.13. The van der Waals surface area contributed by atoms with Gasteiger partial charge in [-0.15, -0.1) is 11.8 Å². The maximum Gasteiger partial charge on any atom is 0.237 e. The molecule has 1 saturated carbocycles.